The molecule has 0 aliphatic rings. The number of unbranched alkanes of at least 4 members (excludes halogenated alkanes) is 3. The lowest BCUT2D eigenvalue weighted by molar-refractivity contribution is 0.0998. The van der Waals surface area contributed by atoms with E-state index in [9.17, 15) is 9.59 Å². The van der Waals surface area contributed by atoms with E-state index < -0.39 is 11.9 Å². The number of hydrogen-bond donors (Lipinski definition) is 4. The molecule has 1 aromatic heterocycles. The van der Waals surface area contributed by atoms with Gasteiger partial charge in [0.15, 0.2) is 0 Å². The van der Waals surface area contributed by atoms with Crippen LogP contribution in [0, 0.1) is 0 Å². The van der Waals surface area contributed by atoms with Gasteiger partial charge < -0.3 is 16.2 Å². The first-order valence-corrected chi connectivity index (χ1v) is 8.94. The fourth-order valence-electron chi connectivity index (χ4n) is 1.69. The zero-order valence-corrected chi connectivity index (χ0v) is 14.2. The maximum atomic E-state index is 11.6. The van der Waals surface area contributed by atoms with E-state index in [1.165, 1.54) is 24.6 Å². The lowest BCUT2D eigenvalue weighted by atomic mass is 10.2. The average molecular weight is 346 g/mol. The Morgan fingerprint density at radius 1 is 1.36 bits per heavy atom. The summed E-state index contributed by atoms with van der Waals surface area (Å²) in [6.45, 7) is 2.13. The molecule has 1 heterocycles. The van der Waals surface area contributed by atoms with Gasteiger partial charge in [-0.2, -0.15) is 4.37 Å². The minimum atomic E-state index is -0.609. The Labute approximate surface area is 138 Å². The molecule has 0 aromatic carbocycles. The highest BCUT2D eigenvalue weighted by Crippen LogP contribution is 2.32. The predicted molar refractivity (Wildman–Crippen MR) is 89.6 cm³/mol. The number of aliphatic hydroxyl groups excluding tert-OH is 1. The van der Waals surface area contributed by atoms with Gasteiger partial charge in [0.05, 0.1) is 6.61 Å². The van der Waals surface area contributed by atoms with Crippen molar-refractivity contribution >= 4 is 40.2 Å². The van der Waals surface area contributed by atoms with Gasteiger partial charge in [-0.25, -0.2) is 4.79 Å². The van der Waals surface area contributed by atoms with Crippen LogP contribution in [0.4, 0.5) is 9.80 Å². The van der Waals surface area contributed by atoms with Gasteiger partial charge in [0.2, 0.25) is 0 Å². The molecule has 0 aliphatic carbocycles. The number of nitrogens with one attached hydrogen (secondary N) is 2. The molecule has 22 heavy (non-hydrogen) atoms. The number of primary amides is 1. The second-order valence-electron chi connectivity index (χ2n) is 4.57. The normalized spacial score (nSPS) is 10.5. The van der Waals surface area contributed by atoms with Gasteiger partial charge >= 0.3 is 6.03 Å². The first-order chi connectivity index (χ1) is 10.6. The molecule has 5 N–H and O–H groups in total. The van der Waals surface area contributed by atoms with E-state index in [0.29, 0.717) is 10.0 Å². The SMILES string of the molecule is CCCCCCSc1nsc(NC(=O)NCCO)c1C(N)=O. The molecule has 124 valence electrons. The third-order valence-electron chi connectivity index (χ3n) is 2.77. The minimum Gasteiger partial charge on any atom is -0.395 e. The average Bonchev–Trinajstić information content (AvgIpc) is 2.87. The topological polar surface area (TPSA) is 117 Å². The third-order valence-corrected chi connectivity index (χ3v) is 4.71. The van der Waals surface area contributed by atoms with Gasteiger partial charge in [-0.05, 0) is 23.7 Å². The van der Waals surface area contributed by atoms with Crippen molar-refractivity contribution in [2.45, 2.75) is 37.6 Å². The van der Waals surface area contributed by atoms with E-state index in [-0.39, 0.29) is 18.7 Å². The fraction of sp³-hybridized carbons (Fsp3) is 0.615. The van der Waals surface area contributed by atoms with Gasteiger partial charge in [-0.15, -0.1) is 11.8 Å². The molecule has 3 amide bonds. The van der Waals surface area contributed by atoms with E-state index in [1.54, 1.807) is 0 Å². The highest BCUT2D eigenvalue weighted by atomic mass is 32.2. The van der Waals surface area contributed by atoms with E-state index in [4.69, 9.17) is 10.8 Å². The van der Waals surface area contributed by atoms with E-state index in [1.807, 2.05) is 0 Å². The Balaban J connectivity index is 2.63. The number of amides is 3. The van der Waals surface area contributed by atoms with Crippen LogP contribution < -0.4 is 16.4 Å². The number of hydrogen-bond acceptors (Lipinski definition) is 6. The van der Waals surface area contributed by atoms with Crippen molar-refractivity contribution in [3.63, 3.8) is 0 Å². The first-order valence-electron chi connectivity index (χ1n) is 7.18. The van der Waals surface area contributed by atoms with Crippen molar-refractivity contribution in [2.24, 2.45) is 5.73 Å². The van der Waals surface area contributed by atoms with Gasteiger partial charge in [0, 0.05) is 6.54 Å². The van der Waals surface area contributed by atoms with E-state index in [0.717, 1.165) is 30.1 Å². The van der Waals surface area contributed by atoms with Crippen LogP contribution in [0.3, 0.4) is 0 Å². The lowest BCUT2D eigenvalue weighted by Gasteiger charge is -2.06. The summed E-state index contributed by atoms with van der Waals surface area (Å²) in [7, 11) is 0. The zero-order valence-electron chi connectivity index (χ0n) is 12.6. The predicted octanol–water partition coefficient (Wildman–Crippen LogP) is 2.03. The number of nitrogens with two attached hydrogens (primary N) is 1. The highest BCUT2D eigenvalue weighted by molar-refractivity contribution is 7.99. The van der Waals surface area contributed by atoms with Crippen molar-refractivity contribution < 1.29 is 14.7 Å². The maximum Gasteiger partial charge on any atom is 0.319 e. The number of aliphatic hydroxyl groups is 1. The number of urea groups is 1. The monoisotopic (exact) mass is 346 g/mol. The van der Waals surface area contributed by atoms with Crippen LogP contribution >= 0.6 is 23.3 Å². The molecular formula is C13H22N4O3S2. The van der Waals surface area contributed by atoms with Crippen LogP contribution in [-0.2, 0) is 0 Å². The molecule has 1 aromatic rings. The second-order valence-corrected chi connectivity index (χ2v) is 6.43. The summed E-state index contributed by atoms with van der Waals surface area (Å²) in [4.78, 5) is 23.2. The van der Waals surface area contributed by atoms with Crippen LogP contribution in [-0.4, -0.2) is 40.3 Å². The second kappa shape index (κ2) is 10.4. The molecule has 0 saturated heterocycles. The molecule has 0 saturated carbocycles. The number of aromatic nitrogens is 1. The number of anilines is 1. The highest BCUT2D eigenvalue weighted by Gasteiger charge is 2.20. The minimum absolute atomic E-state index is 0.135. The largest absolute Gasteiger partial charge is 0.395 e. The lowest BCUT2D eigenvalue weighted by Crippen LogP contribution is -2.31. The van der Waals surface area contributed by atoms with Crippen LogP contribution in [0.2, 0.25) is 0 Å². The summed E-state index contributed by atoms with van der Waals surface area (Å²) in [6.07, 6.45) is 4.56. The Bertz CT molecular complexity index is 494. The molecule has 1 rings (SSSR count). The number of carbonyl (C=O) groups is 2. The van der Waals surface area contributed by atoms with E-state index in [2.05, 4.69) is 21.9 Å². The van der Waals surface area contributed by atoms with Crippen molar-refractivity contribution in [2.75, 3.05) is 24.2 Å². The molecule has 0 spiro atoms. The van der Waals surface area contributed by atoms with Crippen molar-refractivity contribution in [1.82, 2.24) is 9.69 Å². The molecule has 0 aliphatic heterocycles. The number of thioether (sulfide) groups is 1. The summed E-state index contributed by atoms with van der Waals surface area (Å²) in [6, 6.07) is -0.500. The van der Waals surface area contributed by atoms with Crippen molar-refractivity contribution in [3.05, 3.63) is 5.56 Å². The summed E-state index contributed by atoms with van der Waals surface area (Å²) in [5.74, 6) is 0.252. The molecule has 0 unspecified atom stereocenters. The van der Waals surface area contributed by atoms with Crippen LogP contribution in [0.15, 0.2) is 5.03 Å². The summed E-state index contributed by atoms with van der Waals surface area (Å²) < 4.78 is 4.20. The molecule has 9 heteroatoms. The Hall–Kier alpha value is -1.32. The Morgan fingerprint density at radius 2 is 2.14 bits per heavy atom. The molecule has 0 atom stereocenters. The standard InChI is InChI=1S/C13H22N4O3S2/c1-2-3-4-5-8-21-12-9(10(14)19)11(22-17-12)16-13(20)15-6-7-18/h18H,2-8H2,1H3,(H2,14,19)(H2,15,16,20). The van der Waals surface area contributed by atoms with Crippen LogP contribution in [0.5, 0.6) is 0 Å². The van der Waals surface area contributed by atoms with Crippen LogP contribution in [0.25, 0.3) is 0 Å². The zero-order chi connectivity index (χ0) is 16.4. The van der Waals surface area contributed by atoms with E-state index >= 15 is 0 Å². The van der Waals surface area contributed by atoms with Crippen molar-refractivity contribution in [3.8, 4) is 0 Å². The fourth-order valence-corrected chi connectivity index (χ4v) is 3.66. The molecule has 0 radical (unpaired) electrons. The molecular weight excluding hydrogens is 324 g/mol. The van der Waals surface area contributed by atoms with Gasteiger partial charge in [0.1, 0.15) is 15.6 Å². The summed E-state index contributed by atoms with van der Waals surface area (Å²) in [5.41, 5.74) is 5.64. The molecule has 7 nitrogen and oxygen atoms in total. The van der Waals surface area contributed by atoms with Gasteiger partial charge in [-0.1, -0.05) is 26.2 Å². The Morgan fingerprint density at radius 3 is 2.77 bits per heavy atom. The summed E-state index contributed by atoms with van der Waals surface area (Å²) >= 11 is 2.51. The quantitative estimate of drug-likeness (QED) is 0.382. The van der Waals surface area contributed by atoms with Gasteiger partial charge in [-0.3, -0.25) is 10.1 Å². The maximum absolute atomic E-state index is 11.6. The number of carbonyl (C=O) groups excluding carboxylic acids is 2. The summed E-state index contributed by atoms with van der Waals surface area (Å²) in [5, 5.41) is 14.5. The van der Waals surface area contributed by atoms with Gasteiger partial charge in [0.25, 0.3) is 5.91 Å². The first kappa shape index (κ1) is 18.7. The van der Waals surface area contributed by atoms with Crippen LogP contribution in [0.1, 0.15) is 43.0 Å². The molecule has 0 bridgehead atoms. The smallest absolute Gasteiger partial charge is 0.319 e. The number of rotatable bonds is 10. The van der Waals surface area contributed by atoms with Crippen molar-refractivity contribution in [1.29, 1.82) is 0 Å². The third kappa shape index (κ3) is 6.20. The molecule has 0 fully saturated rings. The Kier molecular flexibility index (Phi) is 8.86. The number of nitrogens with zero attached hydrogens (tertiary/aromatic N) is 1.